The minimum Gasteiger partial charge on any atom is -0.497 e. The maximum absolute atomic E-state index is 13.4. The molecule has 1 saturated carbocycles. The predicted octanol–water partition coefficient (Wildman–Crippen LogP) is 5.57. The van der Waals surface area contributed by atoms with E-state index in [0.29, 0.717) is 17.5 Å². The van der Waals surface area contributed by atoms with Crippen LogP contribution in [0.3, 0.4) is 0 Å². The van der Waals surface area contributed by atoms with Crippen molar-refractivity contribution in [3.05, 3.63) is 66.0 Å². The summed E-state index contributed by atoms with van der Waals surface area (Å²) >= 11 is 1.47. The average molecular weight is 437 g/mol. The fourth-order valence-corrected chi connectivity index (χ4v) is 5.26. The van der Waals surface area contributed by atoms with Gasteiger partial charge in [-0.3, -0.25) is 4.79 Å². The van der Waals surface area contributed by atoms with Crippen LogP contribution in [0, 0.1) is 6.92 Å². The van der Waals surface area contributed by atoms with Gasteiger partial charge < -0.3 is 14.6 Å². The molecular formula is C24H28N4O2S. The number of thioether (sulfide) groups is 1. The summed E-state index contributed by atoms with van der Waals surface area (Å²) in [6.07, 6.45) is 6.02. The van der Waals surface area contributed by atoms with Crippen molar-refractivity contribution in [1.82, 2.24) is 14.8 Å². The molecule has 2 aromatic carbocycles. The monoisotopic (exact) mass is 436 g/mol. The van der Waals surface area contributed by atoms with Gasteiger partial charge in [0.15, 0.2) is 5.16 Å². The summed E-state index contributed by atoms with van der Waals surface area (Å²) in [5.41, 5.74) is 1.64. The van der Waals surface area contributed by atoms with Gasteiger partial charge >= 0.3 is 0 Å². The number of nitrogens with one attached hydrogen (secondary N) is 1. The summed E-state index contributed by atoms with van der Waals surface area (Å²) in [5.74, 6) is 1.52. The minimum absolute atomic E-state index is 0.0969. The molecule has 1 unspecified atom stereocenters. The van der Waals surface area contributed by atoms with E-state index in [0.717, 1.165) is 29.4 Å². The topological polar surface area (TPSA) is 69.0 Å². The first kappa shape index (κ1) is 21.4. The third-order valence-electron chi connectivity index (χ3n) is 5.68. The second kappa shape index (κ2) is 10.0. The quantitative estimate of drug-likeness (QED) is 0.490. The molecule has 1 fully saturated rings. The Hall–Kier alpha value is -2.80. The van der Waals surface area contributed by atoms with E-state index in [1.54, 1.807) is 7.11 Å². The van der Waals surface area contributed by atoms with E-state index in [1.165, 1.54) is 31.0 Å². The third-order valence-corrected chi connectivity index (χ3v) is 6.89. The average Bonchev–Trinajstić information content (AvgIpc) is 3.18. The molecule has 4 rings (SSSR count). The van der Waals surface area contributed by atoms with Crippen molar-refractivity contribution in [2.24, 2.45) is 0 Å². The fourth-order valence-electron chi connectivity index (χ4n) is 4.10. The lowest BCUT2D eigenvalue weighted by atomic mass is 9.95. The normalized spacial score (nSPS) is 15.4. The Balaban J connectivity index is 1.61. The molecule has 3 aromatic rings. The highest BCUT2D eigenvalue weighted by atomic mass is 32.2. The molecule has 7 heteroatoms. The number of aryl methyl sites for hydroxylation is 1. The number of hydrogen-bond acceptors (Lipinski definition) is 5. The van der Waals surface area contributed by atoms with Crippen LogP contribution in [0.25, 0.3) is 0 Å². The lowest BCUT2D eigenvalue weighted by molar-refractivity contribution is -0.115. The Labute approximate surface area is 187 Å². The fraction of sp³-hybridized carbons (Fsp3) is 0.375. The van der Waals surface area contributed by atoms with E-state index in [2.05, 4.69) is 20.1 Å². The molecule has 0 spiro atoms. The van der Waals surface area contributed by atoms with Gasteiger partial charge in [0.05, 0.1) is 7.11 Å². The number of methoxy groups -OCH3 is 1. The van der Waals surface area contributed by atoms with Crippen molar-refractivity contribution < 1.29 is 9.53 Å². The first-order valence-corrected chi connectivity index (χ1v) is 11.6. The summed E-state index contributed by atoms with van der Waals surface area (Å²) < 4.78 is 7.52. The minimum atomic E-state index is -0.446. The summed E-state index contributed by atoms with van der Waals surface area (Å²) in [6, 6.07) is 17.6. The molecule has 1 aromatic heterocycles. The number of hydrogen-bond donors (Lipinski definition) is 1. The highest BCUT2D eigenvalue weighted by molar-refractivity contribution is 8.00. The van der Waals surface area contributed by atoms with Gasteiger partial charge in [-0.05, 0) is 37.5 Å². The second-order valence-electron chi connectivity index (χ2n) is 7.82. The van der Waals surface area contributed by atoms with Crippen LogP contribution < -0.4 is 10.1 Å². The number of rotatable bonds is 7. The van der Waals surface area contributed by atoms with Gasteiger partial charge in [0.2, 0.25) is 5.91 Å². The molecule has 31 heavy (non-hydrogen) atoms. The van der Waals surface area contributed by atoms with Crippen molar-refractivity contribution in [3.8, 4) is 5.75 Å². The Bertz CT molecular complexity index is 1020. The van der Waals surface area contributed by atoms with Crippen LogP contribution in [0.4, 0.5) is 5.69 Å². The lowest BCUT2D eigenvalue weighted by Crippen LogP contribution is -2.20. The summed E-state index contributed by atoms with van der Waals surface area (Å²) in [6.45, 7) is 2.00. The van der Waals surface area contributed by atoms with E-state index in [1.807, 2.05) is 61.5 Å². The predicted molar refractivity (Wildman–Crippen MR) is 124 cm³/mol. The molecule has 1 N–H and O–H groups in total. The SMILES string of the molecule is COc1cccc(NC(=O)C(Sc2nnc(C)n2C2CCCCC2)c2ccccc2)c1. The number of nitrogens with zero attached hydrogens (tertiary/aromatic N) is 3. The molecule has 162 valence electrons. The molecule has 0 saturated heterocycles. The first-order valence-electron chi connectivity index (χ1n) is 10.7. The Morgan fingerprint density at radius 1 is 1.10 bits per heavy atom. The van der Waals surface area contributed by atoms with Crippen molar-refractivity contribution in [1.29, 1.82) is 0 Å². The Morgan fingerprint density at radius 3 is 2.61 bits per heavy atom. The van der Waals surface area contributed by atoms with Crippen LogP contribution >= 0.6 is 11.8 Å². The molecule has 1 aliphatic carbocycles. The van der Waals surface area contributed by atoms with Gasteiger partial charge in [-0.2, -0.15) is 0 Å². The lowest BCUT2D eigenvalue weighted by Gasteiger charge is -2.26. The van der Waals surface area contributed by atoms with Gasteiger partial charge in [-0.25, -0.2) is 0 Å². The van der Waals surface area contributed by atoms with E-state index < -0.39 is 5.25 Å². The van der Waals surface area contributed by atoms with Gasteiger partial charge in [0.25, 0.3) is 0 Å². The van der Waals surface area contributed by atoms with Crippen LogP contribution in [0.2, 0.25) is 0 Å². The number of anilines is 1. The van der Waals surface area contributed by atoms with Gasteiger partial charge in [-0.1, -0.05) is 67.4 Å². The third kappa shape index (κ3) is 5.10. The van der Waals surface area contributed by atoms with Crippen LogP contribution in [-0.2, 0) is 4.79 Å². The van der Waals surface area contributed by atoms with Crippen molar-refractivity contribution in [2.75, 3.05) is 12.4 Å². The van der Waals surface area contributed by atoms with Crippen LogP contribution in [0.1, 0.15) is 54.8 Å². The molecule has 1 atom stereocenters. The van der Waals surface area contributed by atoms with Crippen molar-refractivity contribution in [3.63, 3.8) is 0 Å². The molecule has 1 heterocycles. The highest BCUT2D eigenvalue weighted by Gasteiger charge is 2.28. The summed E-state index contributed by atoms with van der Waals surface area (Å²) in [7, 11) is 1.62. The number of aromatic nitrogens is 3. The maximum atomic E-state index is 13.4. The summed E-state index contributed by atoms with van der Waals surface area (Å²) in [5, 5.41) is 12.2. The number of ether oxygens (including phenoxy) is 1. The van der Waals surface area contributed by atoms with Crippen LogP contribution in [0.15, 0.2) is 59.8 Å². The van der Waals surface area contributed by atoms with Crippen LogP contribution in [0.5, 0.6) is 5.75 Å². The van der Waals surface area contributed by atoms with E-state index in [9.17, 15) is 4.79 Å². The van der Waals surface area contributed by atoms with Crippen molar-refractivity contribution >= 4 is 23.4 Å². The zero-order valence-corrected chi connectivity index (χ0v) is 18.8. The first-order chi connectivity index (χ1) is 15.2. The molecule has 1 amide bonds. The van der Waals surface area contributed by atoms with Gasteiger partial charge in [-0.15, -0.1) is 10.2 Å². The molecule has 1 aliphatic rings. The largest absolute Gasteiger partial charge is 0.497 e. The van der Waals surface area contributed by atoms with E-state index in [4.69, 9.17) is 4.74 Å². The Morgan fingerprint density at radius 2 is 1.87 bits per heavy atom. The highest BCUT2D eigenvalue weighted by Crippen LogP contribution is 2.39. The van der Waals surface area contributed by atoms with E-state index >= 15 is 0 Å². The smallest absolute Gasteiger partial charge is 0.242 e. The van der Waals surface area contributed by atoms with E-state index in [-0.39, 0.29) is 5.91 Å². The molecule has 0 bridgehead atoms. The standard InChI is InChI=1S/C24H28N4O2S/c1-17-26-27-24(28(17)20-13-7-4-8-14-20)31-22(18-10-5-3-6-11-18)23(29)25-19-12-9-15-21(16-19)30-2/h3,5-6,9-12,15-16,20,22H,4,7-8,13-14H2,1-2H3,(H,25,29). The number of amides is 1. The van der Waals surface area contributed by atoms with Crippen molar-refractivity contribution in [2.45, 2.75) is 55.5 Å². The maximum Gasteiger partial charge on any atom is 0.242 e. The van der Waals surface area contributed by atoms with Gasteiger partial charge in [0.1, 0.15) is 16.8 Å². The number of carbonyl (C=O) groups is 1. The number of benzene rings is 2. The molecule has 6 nitrogen and oxygen atoms in total. The van der Waals surface area contributed by atoms with Crippen LogP contribution in [-0.4, -0.2) is 27.8 Å². The zero-order chi connectivity index (χ0) is 21.6. The number of carbonyl (C=O) groups excluding carboxylic acids is 1. The second-order valence-corrected chi connectivity index (χ2v) is 8.89. The Kier molecular flexibility index (Phi) is 6.92. The molecular weight excluding hydrogens is 408 g/mol. The summed E-state index contributed by atoms with van der Waals surface area (Å²) in [4.78, 5) is 13.4. The molecule has 0 radical (unpaired) electrons. The zero-order valence-electron chi connectivity index (χ0n) is 18.0. The van der Waals surface area contributed by atoms with Gasteiger partial charge in [0, 0.05) is 17.8 Å². The molecule has 0 aliphatic heterocycles.